The number of phenolic OH excluding ortho intramolecular Hbond substituents is 1. The lowest BCUT2D eigenvalue weighted by Gasteiger charge is -2.56. The standard InChI is InChI=1S/C27H32N2O9/c1-6-11(30)8-12-9(2)7-13-10(3)14-16(21(32)15(13)20(12)31)24(35)27(38)18(22(14)33)19(29(4)5)23(34)17(25(27)36)26(28)37/h7,10,14,16-19,22,31,33,38H,6,8H2,1-5H3,(H2,28,37)/t10-,14+,16?,17?,18+,19-,22-,27-/m0/s1. The molecule has 11 nitrogen and oxygen atoms in total. The Balaban J connectivity index is 1.94. The van der Waals surface area contributed by atoms with Gasteiger partial charge in [0.25, 0.3) is 0 Å². The summed E-state index contributed by atoms with van der Waals surface area (Å²) in [7, 11) is 2.87. The van der Waals surface area contributed by atoms with Crippen molar-refractivity contribution >= 4 is 34.8 Å². The number of nitrogens with zero attached hydrogens (tertiary/aromatic N) is 1. The number of carbonyl (C=O) groups is 6. The molecule has 2 saturated carbocycles. The summed E-state index contributed by atoms with van der Waals surface area (Å²) in [4.78, 5) is 79.9. The minimum Gasteiger partial charge on any atom is -0.507 e. The average Bonchev–Trinajstić information content (AvgIpc) is 2.83. The summed E-state index contributed by atoms with van der Waals surface area (Å²) in [6, 6.07) is 0.213. The first-order valence-corrected chi connectivity index (χ1v) is 12.5. The maximum Gasteiger partial charge on any atom is 0.235 e. The zero-order valence-corrected chi connectivity index (χ0v) is 21.8. The number of ketones is 5. The molecule has 2 unspecified atom stereocenters. The van der Waals surface area contributed by atoms with Crippen LogP contribution in [0.2, 0.25) is 0 Å². The molecule has 0 aliphatic heterocycles. The van der Waals surface area contributed by atoms with Gasteiger partial charge in [-0.05, 0) is 38.1 Å². The van der Waals surface area contributed by atoms with E-state index in [1.807, 2.05) is 0 Å². The highest BCUT2D eigenvalue weighted by Gasteiger charge is 2.72. The van der Waals surface area contributed by atoms with E-state index >= 15 is 0 Å². The quantitative estimate of drug-likeness (QED) is 0.353. The van der Waals surface area contributed by atoms with Crippen molar-refractivity contribution in [2.75, 3.05) is 14.1 Å². The number of hydrogen-bond acceptors (Lipinski definition) is 10. The van der Waals surface area contributed by atoms with Crippen LogP contribution in [0.15, 0.2) is 6.07 Å². The summed E-state index contributed by atoms with van der Waals surface area (Å²) in [6.07, 6.45) is -1.61. The SMILES string of the molecule is CCC(=O)Cc1c(C)cc2c(c1O)C(=O)C1C(=O)[C@]3(O)C(=O)C(C(N)=O)C(=O)[C@@H](N(C)C)[C@@H]3[C@@H](O)[C@@H]1[C@H]2C. The molecule has 1 amide bonds. The molecule has 0 radical (unpaired) electrons. The minimum absolute atomic E-state index is 0.134. The molecule has 0 spiro atoms. The molecule has 0 aromatic heterocycles. The number of aliphatic hydroxyl groups is 2. The van der Waals surface area contributed by atoms with Gasteiger partial charge in [0.15, 0.2) is 34.7 Å². The van der Waals surface area contributed by atoms with Crippen molar-refractivity contribution in [3.05, 3.63) is 28.3 Å². The molecule has 3 aliphatic rings. The van der Waals surface area contributed by atoms with Gasteiger partial charge in [-0.15, -0.1) is 0 Å². The third-order valence-corrected chi connectivity index (χ3v) is 8.71. The third-order valence-electron chi connectivity index (χ3n) is 8.71. The van der Waals surface area contributed by atoms with E-state index in [0.717, 1.165) is 0 Å². The molecule has 8 atom stereocenters. The van der Waals surface area contributed by atoms with Gasteiger partial charge >= 0.3 is 0 Å². The van der Waals surface area contributed by atoms with Crippen molar-refractivity contribution in [2.45, 2.75) is 57.3 Å². The number of aliphatic hydroxyl groups excluding tert-OH is 1. The Morgan fingerprint density at radius 1 is 1.13 bits per heavy atom. The lowest BCUT2D eigenvalue weighted by molar-refractivity contribution is -0.196. The number of primary amides is 1. The van der Waals surface area contributed by atoms with Crippen molar-refractivity contribution in [3.8, 4) is 5.75 Å². The van der Waals surface area contributed by atoms with Crippen molar-refractivity contribution in [3.63, 3.8) is 0 Å². The van der Waals surface area contributed by atoms with Gasteiger partial charge in [-0.1, -0.05) is 19.9 Å². The summed E-state index contributed by atoms with van der Waals surface area (Å²) in [5.74, 6) is -14.0. The maximum absolute atomic E-state index is 13.9. The average molecular weight is 529 g/mol. The topological polar surface area (TPSA) is 192 Å². The third kappa shape index (κ3) is 3.52. The van der Waals surface area contributed by atoms with E-state index in [-0.39, 0.29) is 29.8 Å². The first-order chi connectivity index (χ1) is 17.6. The van der Waals surface area contributed by atoms with E-state index in [9.17, 15) is 44.1 Å². The molecule has 2 fully saturated rings. The summed E-state index contributed by atoms with van der Waals surface area (Å²) in [5.41, 5.74) is 3.18. The molecule has 0 heterocycles. The van der Waals surface area contributed by atoms with Gasteiger partial charge in [0.2, 0.25) is 5.91 Å². The number of nitrogens with two attached hydrogens (primary N) is 1. The minimum atomic E-state index is -3.04. The Kier molecular flexibility index (Phi) is 6.70. The summed E-state index contributed by atoms with van der Waals surface area (Å²) < 4.78 is 0. The number of hydrogen-bond donors (Lipinski definition) is 4. The fourth-order valence-corrected chi connectivity index (χ4v) is 6.77. The Labute approximate surface area is 219 Å². The van der Waals surface area contributed by atoms with E-state index in [0.29, 0.717) is 11.1 Å². The Bertz CT molecular complexity index is 1300. The number of fused-ring (bicyclic) bond motifs is 3. The number of likely N-dealkylation sites (N-methyl/N-ethyl adjacent to an activating group) is 1. The summed E-state index contributed by atoms with van der Waals surface area (Å²) in [6.45, 7) is 4.98. The van der Waals surface area contributed by atoms with Gasteiger partial charge in [0, 0.05) is 24.3 Å². The van der Waals surface area contributed by atoms with Gasteiger partial charge < -0.3 is 21.1 Å². The van der Waals surface area contributed by atoms with Gasteiger partial charge in [0.1, 0.15) is 11.5 Å². The first kappa shape index (κ1) is 27.7. The molecule has 204 valence electrons. The first-order valence-electron chi connectivity index (χ1n) is 12.5. The van der Waals surface area contributed by atoms with Crippen molar-refractivity contribution in [1.82, 2.24) is 4.90 Å². The van der Waals surface area contributed by atoms with Gasteiger partial charge in [-0.25, -0.2) is 0 Å². The number of rotatable bonds is 5. The molecule has 11 heteroatoms. The number of aromatic hydroxyl groups is 1. The molecule has 1 aromatic carbocycles. The Hall–Kier alpha value is -3.28. The Morgan fingerprint density at radius 3 is 2.26 bits per heavy atom. The van der Waals surface area contributed by atoms with Crippen LogP contribution < -0.4 is 5.73 Å². The van der Waals surface area contributed by atoms with Crippen LogP contribution in [-0.2, 0) is 30.4 Å². The van der Waals surface area contributed by atoms with Crippen LogP contribution in [0.4, 0.5) is 0 Å². The predicted molar refractivity (Wildman–Crippen MR) is 131 cm³/mol. The predicted octanol–water partition coefficient (Wildman–Crippen LogP) is -0.771. The van der Waals surface area contributed by atoms with Crippen molar-refractivity contribution in [1.29, 1.82) is 0 Å². The summed E-state index contributed by atoms with van der Waals surface area (Å²) >= 11 is 0. The number of Topliss-reactive ketones (excluding diaryl/α,β-unsaturated/α-hetero) is 5. The molecular formula is C27H32N2O9. The fourth-order valence-electron chi connectivity index (χ4n) is 6.77. The van der Waals surface area contributed by atoms with Crippen LogP contribution in [0, 0.1) is 30.6 Å². The normalized spacial score (nSPS) is 34.6. The fraction of sp³-hybridized carbons (Fsp3) is 0.556. The highest BCUT2D eigenvalue weighted by molar-refractivity contribution is 6.32. The van der Waals surface area contributed by atoms with Crippen LogP contribution in [0.3, 0.4) is 0 Å². The highest BCUT2D eigenvalue weighted by atomic mass is 16.3. The molecule has 5 N–H and O–H groups in total. The number of benzene rings is 1. The maximum atomic E-state index is 13.9. The molecule has 3 aliphatic carbocycles. The van der Waals surface area contributed by atoms with Crippen LogP contribution >= 0.6 is 0 Å². The van der Waals surface area contributed by atoms with E-state index in [1.165, 1.54) is 19.0 Å². The molecule has 0 saturated heterocycles. The van der Waals surface area contributed by atoms with E-state index in [4.69, 9.17) is 5.73 Å². The van der Waals surface area contributed by atoms with Gasteiger partial charge in [-0.3, -0.25) is 33.7 Å². The second-order valence-corrected chi connectivity index (χ2v) is 10.9. The number of phenols is 1. The molecule has 0 bridgehead atoms. The van der Waals surface area contributed by atoms with E-state index in [2.05, 4.69) is 0 Å². The van der Waals surface area contributed by atoms with E-state index < -0.39 is 82.1 Å². The Morgan fingerprint density at radius 2 is 1.74 bits per heavy atom. The van der Waals surface area contributed by atoms with Crippen molar-refractivity contribution < 1.29 is 44.1 Å². The zero-order chi connectivity index (χ0) is 28.6. The van der Waals surface area contributed by atoms with Gasteiger partial charge in [0.05, 0.1) is 29.5 Å². The smallest absolute Gasteiger partial charge is 0.235 e. The lowest BCUT2D eigenvalue weighted by atomic mass is 9.49. The van der Waals surface area contributed by atoms with E-state index in [1.54, 1.807) is 26.8 Å². The molecule has 4 rings (SSSR count). The van der Waals surface area contributed by atoms with Crippen LogP contribution in [0.1, 0.15) is 53.2 Å². The molecule has 38 heavy (non-hydrogen) atoms. The molecular weight excluding hydrogens is 496 g/mol. The number of amides is 1. The largest absolute Gasteiger partial charge is 0.507 e. The highest BCUT2D eigenvalue weighted by Crippen LogP contribution is 2.55. The second-order valence-electron chi connectivity index (χ2n) is 10.9. The second kappa shape index (κ2) is 9.18. The molecule has 1 aromatic rings. The summed E-state index contributed by atoms with van der Waals surface area (Å²) in [5, 5.41) is 34.4. The van der Waals surface area contributed by atoms with Gasteiger partial charge in [-0.2, -0.15) is 0 Å². The number of carbonyl (C=O) groups excluding carboxylic acids is 6. The van der Waals surface area contributed by atoms with Crippen molar-refractivity contribution in [2.24, 2.45) is 29.4 Å². The number of aryl methyl sites for hydroxylation is 1. The monoisotopic (exact) mass is 528 g/mol. The van der Waals surface area contributed by atoms with Crippen LogP contribution in [0.25, 0.3) is 0 Å². The van der Waals surface area contributed by atoms with Crippen LogP contribution in [0.5, 0.6) is 5.75 Å². The van der Waals surface area contributed by atoms with Crippen LogP contribution in [-0.4, -0.2) is 86.9 Å². The zero-order valence-electron chi connectivity index (χ0n) is 21.8. The lowest BCUT2D eigenvalue weighted by Crippen LogP contribution is -2.77.